The number of unbranched alkanes of at least 4 members (excludes halogenated alkanes) is 1. The Morgan fingerprint density at radius 2 is 1.76 bits per heavy atom. The van der Waals surface area contributed by atoms with Crippen LogP contribution in [0.1, 0.15) is 54.9 Å². The molecular formula is C26H35N3O4S. The Hall–Kier alpha value is -2.71. The van der Waals surface area contributed by atoms with Gasteiger partial charge in [0, 0.05) is 19.6 Å². The monoisotopic (exact) mass is 485 g/mol. The first-order valence-corrected chi connectivity index (χ1v) is 13.7. The Balaban J connectivity index is 1.57. The van der Waals surface area contributed by atoms with Crippen LogP contribution in [0.5, 0.6) is 0 Å². The molecule has 1 fully saturated rings. The number of nitrogens with zero attached hydrogens (tertiary/aromatic N) is 1. The molecule has 0 radical (unpaired) electrons. The predicted molar refractivity (Wildman–Crippen MR) is 135 cm³/mol. The molecule has 34 heavy (non-hydrogen) atoms. The molecule has 7 nitrogen and oxygen atoms in total. The van der Waals surface area contributed by atoms with Gasteiger partial charge in [0.2, 0.25) is 15.9 Å². The van der Waals surface area contributed by atoms with Crippen LogP contribution in [-0.2, 0) is 21.2 Å². The Morgan fingerprint density at radius 3 is 2.53 bits per heavy atom. The number of aryl methyl sites for hydroxylation is 1. The SMILES string of the molecule is CCCCNC(=O)c1ccccc1NC(=O)C1CCCN(S(=O)(=O)CCCc2ccccc2)C1. The molecule has 2 aromatic rings. The highest BCUT2D eigenvalue weighted by Gasteiger charge is 2.32. The van der Waals surface area contributed by atoms with Crippen LogP contribution in [0.2, 0.25) is 0 Å². The van der Waals surface area contributed by atoms with Crippen molar-refractivity contribution in [1.82, 2.24) is 9.62 Å². The number of piperidine rings is 1. The lowest BCUT2D eigenvalue weighted by Crippen LogP contribution is -2.44. The summed E-state index contributed by atoms with van der Waals surface area (Å²) in [6.07, 6.45) is 4.36. The number of carbonyl (C=O) groups is 2. The molecule has 1 saturated heterocycles. The van der Waals surface area contributed by atoms with Gasteiger partial charge in [0.15, 0.2) is 0 Å². The van der Waals surface area contributed by atoms with Crippen molar-refractivity contribution in [2.45, 2.75) is 45.4 Å². The number of nitrogens with one attached hydrogen (secondary N) is 2. The normalized spacial score (nSPS) is 16.7. The smallest absolute Gasteiger partial charge is 0.253 e. The minimum absolute atomic E-state index is 0.0665. The Kier molecular flexibility index (Phi) is 9.65. The number of carbonyl (C=O) groups excluding carboxylic acids is 2. The van der Waals surface area contributed by atoms with E-state index >= 15 is 0 Å². The van der Waals surface area contributed by atoms with Crippen molar-refractivity contribution < 1.29 is 18.0 Å². The molecule has 2 amide bonds. The highest BCUT2D eigenvalue weighted by atomic mass is 32.2. The van der Waals surface area contributed by atoms with Crippen molar-refractivity contribution in [2.75, 3.05) is 30.7 Å². The van der Waals surface area contributed by atoms with E-state index in [4.69, 9.17) is 0 Å². The van der Waals surface area contributed by atoms with Crippen molar-refractivity contribution in [2.24, 2.45) is 5.92 Å². The van der Waals surface area contributed by atoms with Crippen molar-refractivity contribution in [3.8, 4) is 0 Å². The molecule has 1 atom stereocenters. The molecule has 3 rings (SSSR count). The molecule has 0 aliphatic carbocycles. The molecule has 2 aromatic carbocycles. The van der Waals surface area contributed by atoms with E-state index in [1.807, 2.05) is 30.3 Å². The summed E-state index contributed by atoms with van der Waals surface area (Å²) in [6.45, 7) is 3.24. The van der Waals surface area contributed by atoms with Crippen LogP contribution >= 0.6 is 0 Å². The predicted octanol–water partition coefficient (Wildman–Crippen LogP) is 3.83. The van der Waals surface area contributed by atoms with Gasteiger partial charge in [0.05, 0.1) is 22.9 Å². The van der Waals surface area contributed by atoms with Gasteiger partial charge in [-0.1, -0.05) is 55.8 Å². The van der Waals surface area contributed by atoms with Crippen molar-refractivity contribution in [1.29, 1.82) is 0 Å². The van der Waals surface area contributed by atoms with E-state index in [1.165, 1.54) is 4.31 Å². The zero-order valence-corrected chi connectivity index (χ0v) is 20.6. The second-order valence-corrected chi connectivity index (χ2v) is 10.8. The second-order valence-electron chi connectivity index (χ2n) is 8.75. The van der Waals surface area contributed by atoms with Crippen molar-refractivity contribution >= 4 is 27.5 Å². The lowest BCUT2D eigenvalue weighted by atomic mass is 9.98. The topological polar surface area (TPSA) is 95.6 Å². The van der Waals surface area contributed by atoms with Crippen molar-refractivity contribution in [3.63, 3.8) is 0 Å². The van der Waals surface area contributed by atoms with Gasteiger partial charge in [-0.15, -0.1) is 0 Å². The van der Waals surface area contributed by atoms with E-state index in [0.717, 1.165) is 18.4 Å². The van der Waals surface area contributed by atoms with Crippen LogP contribution in [0.4, 0.5) is 5.69 Å². The van der Waals surface area contributed by atoms with E-state index < -0.39 is 15.9 Å². The summed E-state index contributed by atoms with van der Waals surface area (Å²) in [4.78, 5) is 25.5. The van der Waals surface area contributed by atoms with Crippen LogP contribution in [0.3, 0.4) is 0 Å². The molecule has 1 aliphatic rings. The summed E-state index contributed by atoms with van der Waals surface area (Å²) in [7, 11) is -3.44. The lowest BCUT2D eigenvalue weighted by molar-refractivity contribution is -0.120. The van der Waals surface area contributed by atoms with Gasteiger partial charge in [-0.3, -0.25) is 9.59 Å². The van der Waals surface area contributed by atoms with E-state index in [-0.39, 0.29) is 24.1 Å². The Morgan fingerprint density at radius 1 is 1.03 bits per heavy atom. The average molecular weight is 486 g/mol. The molecule has 1 aliphatic heterocycles. The first-order valence-electron chi connectivity index (χ1n) is 12.1. The minimum Gasteiger partial charge on any atom is -0.352 e. The first kappa shape index (κ1) is 25.9. The summed E-state index contributed by atoms with van der Waals surface area (Å²) in [5.41, 5.74) is 1.98. The van der Waals surface area contributed by atoms with Gasteiger partial charge in [0.1, 0.15) is 0 Å². The Bertz CT molecular complexity index is 1060. The number of amides is 2. The lowest BCUT2D eigenvalue weighted by Gasteiger charge is -2.31. The summed E-state index contributed by atoms with van der Waals surface area (Å²) < 4.78 is 27.3. The fraction of sp³-hybridized carbons (Fsp3) is 0.462. The fourth-order valence-corrected chi connectivity index (χ4v) is 5.72. The number of hydrogen-bond donors (Lipinski definition) is 2. The maximum Gasteiger partial charge on any atom is 0.253 e. The first-order chi connectivity index (χ1) is 16.4. The largest absolute Gasteiger partial charge is 0.352 e. The number of sulfonamides is 1. The molecule has 8 heteroatoms. The summed E-state index contributed by atoms with van der Waals surface area (Å²) in [6, 6.07) is 16.7. The van der Waals surface area contributed by atoms with Gasteiger partial charge < -0.3 is 10.6 Å². The molecule has 1 heterocycles. The van der Waals surface area contributed by atoms with Gasteiger partial charge >= 0.3 is 0 Å². The number of anilines is 1. The molecular weight excluding hydrogens is 450 g/mol. The third kappa shape index (κ3) is 7.40. The van der Waals surface area contributed by atoms with Crippen LogP contribution in [0.15, 0.2) is 54.6 Å². The standard InChI is InChI=1S/C26H35N3O4S/c1-2-3-17-27-26(31)23-15-7-8-16-24(23)28-25(30)22-14-9-18-29(20-22)34(32,33)19-10-13-21-11-5-4-6-12-21/h4-8,11-12,15-16,22H,2-3,9-10,13-14,17-20H2,1H3,(H,27,31)(H,28,30). The zero-order chi connectivity index (χ0) is 24.4. The summed E-state index contributed by atoms with van der Waals surface area (Å²) in [5, 5.41) is 5.74. The molecule has 0 aromatic heterocycles. The quantitative estimate of drug-likeness (QED) is 0.473. The van der Waals surface area contributed by atoms with E-state index in [1.54, 1.807) is 24.3 Å². The second kappa shape index (κ2) is 12.7. The van der Waals surface area contributed by atoms with Gasteiger partial charge in [0.25, 0.3) is 5.91 Å². The van der Waals surface area contributed by atoms with Gasteiger partial charge in [-0.2, -0.15) is 0 Å². The summed E-state index contributed by atoms with van der Waals surface area (Å²) >= 11 is 0. The highest BCUT2D eigenvalue weighted by molar-refractivity contribution is 7.89. The molecule has 0 saturated carbocycles. The number of hydrogen-bond acceptors (Lipinski definition) is 4. The molecule has 0 spiro atoms. The maximum atomic E-state index is 13.0. The van der Waals surface area contributed by atoms with Gasteiger partial charge in [-0.25, -0.2) is 12.7 Å². The average Bonchev–Trinajstić information content (AvgIpc) is 2.85. The van der Waals surface area contributed by atoms with Crippen LogP contribution in [-0.4, -0.2) is 49.9 Å². The van der Waals surface area contributed by atoms with Crippen LogP contribution in [0.25, 0.3) is 0 Å². The van der Waals surface area contributed by atoms with Crippen LogP contribution in [0, 0.1) is 5.92 Å². The molecule has 2 N–H and O–H groups in total. The van der Waals surface area contributed by atoms with E-state index in [2.05, 4.69) is 17.6 Å². The Labute approximate surface area is 203 Å². The third-order valence-corrected chi connectivity index (χ3v) is 8.03. The number of benzene rings is 2. The van der Waals surface area contributed by atoms with Crippen LogP contribution < -0.4 is 10.6 Å². The number of rotatable bonds is 11. The van der Waals surface area contributed by atoms with Gasteiger partial charge in [-0.05, 0) is 49.8 Å². The van der Waals surface area contributed by atoms with E-state index in [0.29, 0.717) is 50.0 Å². The molecule has 0 bridgehead atoms. The highest BCUT2D eigenvalue weighted by Crippen LogP contribution is 2.23. The van der Waals surface area contributed by atoms with Crippen molar-refractivity contribution in [3.05, 3.63) is 65.7 Å². The minimum atomic E-state index is -3.44. The molecule has 184 valence electrons. The summed E-state index contributed by atoms with van der Waals surface area (Å²) in [5.74, 6) is -0.862. The zero-order valence-electron chi connectivity index (χ0n) is 19.8. The maximum absolute atomic E-state index is 13.0. The fourth-order valence-electron chi connectivity index (χ4n) is 4.14. The van der Waals surface area contributed by atoms with E-state index in [9.17, 15) is 18.0 Å². The third-order valence-electron chi connectivity index (χ3n) is 6.10. The number of para-hydroxylation sites is 1. The molecule has 1 unspecified atom stereocenters.